The van der Waals surface area contributed by atoms with Crippen LogP contribution in [0.2, 0.25) is 0 Å². The van der Waals surface area contributed by atoms with E-state index in [0.29, 0.717) is 43.1 Å². The van der Waals surface area contributed by atoms with Crippen molar-refractivity contribution in [1.29, 1.82) is 0 Å². The van der Waals surface area contributed by atoms with Gasteiger partial charge < -0.3 is 19.4 Å². The molecule has 36 heavy (non-hydrogen) atoms. The largest absolute Gasteiger partial charge is 0.375 e. The number of hydrogen-bond acceptors (Lipinski definition) is 4. The van der Waals surface area contributed by atoms with Crippen LogP contribution in [-0.2, 0) is 27.3 Å². The summed E-state index contributed by atoms with van der Waals surface area (Å²) in [4.78, 5) is 32.3. The molecule has 0 atom stereocenters. The van der Waals surface area contributed by atoms with Gasteiger partial charge in [0.15, 0.2) is 0 Å². The Morgan fingerprint density at radius 2 is 1.69 bits per heavy atom. The maximum Gasteiger partial charge on any atom is 0.252 e. The lowest BCUT2D eigenvalue weighted by molar-refractivity contribution is -0.131. The molecule has 6 nitrogen and oxygen atoms in total. The minimum Gasteiger partial charge on any atom is -0.375 e. The number of halogens is 1. The maximum absolute atomic E-state index is 14.4. The lowest BCUT2D eigenvalue weighted by Gasteiger charge is -2.32. The molecule has 1 aliphatic rings. The number of ether oxygens (including phenoxy) is 1. The third kappa shape index (κ3) is 8.42. The van der Waals surface area contributed by atoms with Gasteiger partial charge in [0.05, 0.1) is 0 Å². The van der Waals surface area contributed by atoms with Crippen LogP contribution in [0.25, 0.3) is 0 Å². The molecular formula is C29H40FN3O3. The van der Waals surface area contributed by atoms with Gasteiger partial charge in [-0.15, -0.1) is 0 Å². The number of carbonyl (C=O) groups is 2. The van der Waals surface area contributed by atoms with Crippen LogP contribution < -0.4 is 4.90 Å². The fourth-order valence-electron chi connectivity index (χ4n) is 4.82. The Bertz CT molecular complexity index is 983. The van der Waals surface area contributed by atoms with Gasteiger partial charge in [0.2, 0.25) is 5.91 Å². The van der Waals surface area contributed by atoms with Crippen LogP contribution >= 0.6 is 0 Å². The van der Waals surface area contributed by atoms with Crippen LogP contribution in [0.3, 0.4) is 0 Å². The molecule has 0 unspecified atom stereocenters. The highest BCUT2D eigenvalue weighted by atomic mass is 19.1. The first-order valence-electron chi connectivity index (χ1n) is 13.0. The first kappa shape index (κ1) is 27.8. The van der Waals surface area contributed by atoms with Gasteiger partial charge in [0.1, 0.15) is 12.4 Å². The third-order valence-electron chi connectivity index (χ3n) is 6.47. The Balaban J connectivity index is 1.89. The van der Waals surface area contributed by atoms with E-state index in [1.165, 1.54) is 19.2 Å². The molecule has 1 aliphatic heterocycles. The molecule has 0 aliphatic carbocycles. The van der Waals surface area contributed by atoms with Crippen molar-refractivity contribution in [2.24, 2.45) is 5.92 Å². The van der Waals surface area contributed by atoms with E-state index in [-0.39, 0.29) is 30.8 Å². The number of fused-ring (bicyclic) bond motifs is 1. The molecule has 0 spiro atoms. The molecule has 1 heterocycles. The van der Waals surface area contributed by atoms with E-state index in [9.17, 15) is 14.0 Å². The molecular weight excluding hydrogens is 457 g/mol. The van der Waals surface area contributed by atoms with Crippen molar-refractivity contribution < 1.29 is 18.7 Å². The molecule has 7 heteroatoms. The molecule has 0 aromatic heterocycles. The second-order valence-electron chi connectivity index (χ2n) is 9.95. The van der Waals surface area contributed by atoms with Crippen molar-refractivity contribution in [3.8, 4) is 0 Å². The molecule has 0 radical (unpaired) electrons. The first-order valence-corrected chi connectivity index (χ1v) is 13.0. The van der Waals surface area contributed by atoms with E-state index in [1.54, 1.807) is 11.0 Å². The van der Waals surface area contributed by atoms with Gasteiger partial charge in [-0.05, 0) is 67.6 Å². The van der Waals surface area contributed by atoms with Crippen molar-refractivity contribution in [2.75, 3.05) is 51.3 Å². The zero-order chi connectivity index (χ0) is 25.9. The Labute approximate surface area is 215 Å². The van der Waals surface area contributed by atoms with Crippen molar-refractivity contribution >= 4 is 17.5 Å². The number of aryl methyl sites for hydroxylation is 1. The Morgan fingerprint density at radius 1 is 0.972 bits per heavy atom. The molecule has 0 saturated heterocycles. The highest BCUT2D eigenvalue weighted by Gasteiger charge is 2.23. The summed E-state index contributed by atoms with van der Waals surface area (Å²) in [6, 6.07) is 14.5. The van der Waals surface area contributed by atoms with Crippen LogP contribution in [0.15, 0.2) is 48.5 Å². The number of amides is 2. The zero-order valence-corrected chi connectivity index (χ0v) is 21.9. The minimum atomic E-state index is -0.375. The van der Waals surface area contributed by atoms with E-state index < -0.39 is 0 Å². The normalized spacial score (nSPS) is 15.8. The molecule has 0 bridgehead atoms. The lowest BCUT2D eigenvalue weighted by atomic mass is 10.1. The van der Waals surface area contributed by atoms with Crippen LogP contribution in [0, 0.1) is 11.7 Å². The fraction of sp³-hybridized carbons (Fsp3) is 0.517. The van der Waals surface area contributed by atoms with Crippen molar-refractivity contribution in [1.82, 2.24) is 9.80 Å². The Morgan fingerprint density at radius 3 is 2.39 bits per heavy atom. The standard InChI is InChI=1S/C29H40FN3O3/c1-23(2)20-31-15-7-17-32(28(34)14-11-24-9-5-4-6-10-24)21-25-19-26(30)12-13-27(25)33(18-8-16-31)29(35)22-36-3/h4-6,9-10,12-13,19,23H,7-8,11,14-18,20-22H2,1-3H3. The monoisotopic (exact) mass is 497 g/mol. The van der Waals surface area contributed by atoms with Gasteiger partial charge >= 0.3 is 0 Å². The van der Waals surface area contributed by atoms with Gasteiger partial charge in [-0.2, -0.15) is 0 Å². The second-order valence-corrected chi connectivity index (χ2v) is 9.95. The summed E-state index contributed by atoms with van der Waals surface area (Å²) < 4.78 is 19.5. The third-order valence-corrected chi connectivity index (χ3v) is 6.47. The SMILES string of the molecule is COCC(=O)N1CCCN(CC(C)C)CCCN(C(=O)CCc2ccccc2)Cc2cc(F)ccc21. The molecule has 0 fully saturated rings. The summed E-state index contributed by atoms with van der Waals surface area (Å²) >= 11 is 0. The van der Waals surface area contributed by atoms with E-state index in [1.807, 2.05) is 35.2 Å². The van der Waals surface area contributed by atoms with Gasteiger partial charge in [-0.1, -0.05) is 44.2 Å². The van der Waals surface area contributed by atoms with Crippen LogP contribution in [0.5, 0.6) is 0 Å². The van der Waals surface area contributed by atoms with Crippen molar-refractivity contribution in [3.05, 3.63) is 65.5 Å². The summed E-state index contributed by atoms with van der Waals surface area (Å²) in [5, 5.41) is 0. The molecule has 2 aromatic carbocycles. The summed E-state index contributed by atoms with van der Waals surface area (Å²) in [5.41, 5.74) is 2.41. The summed E-state index contributed by atoms with van der Waals surface area (Å²) in [7, 11) is 1.50. The van der Waals surface area contributed by atoms with Crippen LogP contribution in [0.1, 0.15) is 44.2 Å². The number of hydrogen-bond donors (Lipinski definition) is 0. The molecule has 196 valence electrons. The number of rotatable bonds is 7. The summed E-state index contributed by atoms with van der Waals surface area (Å²) in [6.45, 7) is 8.42. The molecule has 3 rings (SSSR count). The minimum absolute atomic E-state index is 0.0382. The zero-order valence-electron chi connectivity index (χ0n) is 21.9. The van der Waals surface area contributed by atoms with Gasteiger partial charge in [0.25, 0.3) is 5.91 Å². The number of carbonyl (C=O) groups excluding carboxylic acids is 2. The maximum atomic E-state index is 14.4. The molecule has 0 N–H and O–H groups in total. The second kappa shape index (κ2) is 14.1. The van der Waals surface area contributed by atoms with Gasteiger partial charge in [-0.3, -0.25) is 9.59 Å². The Kier molecular flexibility index (Phi) is 10.9. The highest BCUT2D eigenvalue weighted by Crippen LogP contribution is 2.25. The summed E-state index contributed by atoms with van der Waals surface area (Å²) in [6.07, 6.45) is 2.69. The van der Waals surface area contributed by atoms with Crippen LogP contribution in [-0.4, -0.2) is 68.1 Å². The van der Waals surface area contributed by atoms with E-state index in [2.05, 4.69) is 18.7 Å². The quantitative estimate of drug-likeness (QED) is 0.565. The Hall–Kier alpha value is -2.77. The number of methoxy groups -OCH3 is 1. The topological polar surface area (TPSA) is 53.1 Å². The number of anilines is 1. The van der Waals surface area contributed by atoms with Gasteiger partial charge in [-0.25, -0.2) is 4.39 Å². The van der Waals surface area contributed by atoms with Crippen molar-refractivity contribution in [2.45, 2.75) is 46.1 Å². The average molecular weight is 498 g/mol. The van der Waals surface area contributed by atoms with E-state index in [0.717, 1.165) is 38.0 Å². The highest BCUT2D eigenvalue weighted by molar-refractivity contribution is 5.95. The van der Waals surface area contributed by atoms with Gasteiger partial charge in [0, 0.05) is 45.4 Å². The fourth-order valence-corrected chi connectivity index (χ4v) is 4.82. The van der Waals surface area contributed by atoms with Crippen LogP contribution in [0.4, 0.5) is 10.1 Å². The van der Waals surface area contributed by atoms with Crippen molar-refractivity contribution in [3.63, 3.8) is 0 Å². The van der Waals surface area contributed by atoms with E-state index in [4.69, 9.17) is 4.74 Å². The number of benzene rings is 2. The average Bonchev–Trinajstić information content (AvgIpc) is 2.84. The molecule has 0 saturated carbocycles. The van der Waals surface area contributed by atoms with E-state index >= 15 is 0 Å². The predicted molar refractivity (Wildman–Crippen MR) is 141 cm³/mol. The smallest absolute Gasteiger partial charge is 0.252 e. The first-order chi connectivity index (χ1) is 17.4. The number of nitrogens with zero attached hydrogens (tertiary/aromatic N) is 3. The predicted octanol–water partition coefficient (Wildman–Crippen LogP) is 4.52. The lowest BCUT2D eigenvalue weighted by Crippen LogP contribution is -2.40. The molecule has 2 amide bonds. The molecule has 2 aromatic rings. The summed E-state index contributed by atoms with van der Waals surface area (Å²) in [5.74, 6) is 0.0206.